The molecule has 0 aliphatic rings. The third kappa shape index (κ3) is 4.23. The first-order valence-electron chi connectivity index (χ1n) is 5.60. The quantitative estimate of drug-likeness (QED) is 0.361. The average Bonchev–Trinajstić information content (AvgIpc) is 2.39. The van der Waals surface area contributed by atoms with E-state index >= 15 is 0 Å². The Morgan fingerprint density at radius 3 is 2.83 bits per heavy atom. The summed E-state index contributed by atoms with van der Waals surface area (Å²) in [7, 11) is 3.16. The number of anilines is 2. The SMILES string of the molecule is COc1ccc(N)c(NNCC(CC=O)OC)c1. The number of hydrogen-bond acceptors (Lipinski definition) is 6. The molecule has 0 radical (unpaired) electrons. The Kier molecular flexibility index (Phi) is 5.96. The molecule has 0 fully saturated rings. The smallest absolute Gasteiger partial charge is 0.122 e. The fourth-order valence-corrected chi connectivity index (χ4v) is 1.40. The molecule has 0 saturated heterocycles. The van der Waals surface area contributed by atoms with Gasteiger partial charge in [0.05, 0.1) is 24.6 Å². The molecule has 18 heavy (non-hydrogen) atoms. The van der Waals surface area contributed by atoms with Gasteiger partial charge in [-0.1, -0.05) is 0 Å². The van der Waals surface area contributed by atoms with E-state index in [2.05, 4.69) is 10.9 Å². The van der Waals surface area contributed by atoms with Gasteiger partial charge in [0.2, 0.25) is 0 Å². The summed E-state index contributed by atoms with van der Waals surface area (Å²) >= 11 is 0. The van der Waals surface area contributed by atoms with Crippen LogP contribution < -0.4 is 21.3 Å². The van der Waals surface area contributed by atoms with Crippen LogP contribution in [-0.2, 0) is 9.53 Å². The minimum absolute atomic E-state index is 0.165. The first kappa shape index (κ1) is 14.3. The third-order valence-corrected chi connectivity index (χ3v) is 2.51. The highest BCUT2D eigenvalue weighted by Crippen LogP contribution is 2.23. The molecule has 1 unspecified atom stereocenters. The maximum Gasteiger partial charge on any atom is 0.122 e. The summed E-state index contributed by atoms with van der Waals surface area (Å²) in [5, 5.41) is 0. The lowest BCUT2D eigenvalue weighted by Gasteiger charge is -2.16. The number of ether oxygens (including phenoxy) is 2. The van der Waals surface area contributed by atoms with E-state index in [4.69, 9.17) is 15.2 Å². The maximum absolute atomic E-state index is 10.4. The Balaban J connectivity index is 2.49. The zero-order chi connectivity index (χ0) is 13.4. The van der Waals surface area contributed by atoms with Crippen LogP contribution in [0.3, 0.4) is 0 Å². The van der Waals surface area contributed by atoms with E-state index in [9.17, 15) is 4.79 Å². The normalized spacial score (nSPS) is 11.9. The van der Waals surface area contributed by atoms with Crippen LogP contribution >= 0.6 is 0 Å². The second-order valence-corrected chi connectivity index (χ2v) is 3.72. The second kappa shape index (κ2) is 7.52. The van der Waals surface area contributed by atoms with Gasteiger partial charge in [-0.05, 0) is 12.1 Å². The highest BCUT2D eigenvalue weighted by atomic mass is 16.5. The van der Waals surface area contributed by atoms with Gasteiger partial charge in [-0.15, -0.1) is 0 Å². The Morgan fingerprint density at radius 1 is 1.44 bits per heavy atom. The van der Waals surface area contributed by atoms with E-state index in [-0.39, 0.29) is 6.10 Å². The van der Waals surface area contributed by atoms with Crippen molar-refractivity contribution in [3.05, 3.63) is 18.2 Å². The Bertz CT molecular complexity index is 385. The van der Waals surface area contributed by atoms with Gasteiger partial charge in [0, 0.05) is 26.1 Å². The highest BCUT2D eigenvalue weighted by Gasteiger charge is 2.06. The van der Waals surface area contributed by atoms with Crippen LogP contribution in [0.25, 0.3) is 0 Å². The maximum atomic E-state index is 10.4. The zero-order valence-electron chi connectivity index (χ0n) is 10.6. The molecule has 1 aromatic carbocycles. The van der Waals surface area contributed by atoms with Crippen molar-refractivity contribution in [1.82, 2.24) is 5.43 Å². The van der Waals surface area contributed by atoms with Gasteiger partial charge in [0.25, 0.3) is 0 Å². The van der Waals surface area contributed by atoms with Gasteiger partial charge in [0.1, 0.15) is 12.0 Å². The first-order chi connectivity index (χ1) is 8.71. The summed E-state index contributed by atoms with van der Waals surface area (Å²) in [5.41, 5.74) is 13.0. The standard InChI is InChI=1S/C12H19N3O3/c1-17-9-3-4-11(13)12(7-9)15-14-8-10(18-2)5-6-16/h3-4,6-7,10,14-15H,5,8,13H2,1-2H3. The predicted octanol–water partition coefficient (Wildman–Crippen LogP) is 0.798. The van der Waals surface area contributed by atoms with E-state index in [1.165, 1.54) is 0 Å². The van der Waals surface area contributed by atoms with E-state index in [1.807, 2.05) is 0 Å². The molecule has 4 N–H and O–H groups in total. The summed E-state index contributed by atoms with van der Waals surface area (Å²) in [6, 6.07) is 5.32. The predicted molar refractivity (Wildman–Crippen MR) is 70.5 cm³/mol. The fraction of sp³-hybridized carbons (Fsp3) is 0.417. The minimum Gasteiger partial charge on any atom is -0.497 e. The van der Waals surface area contributed by atoms with Crippen molar-refractivity contribution in [2.75, 3.05) is 31.9 Å². The summed E-state index contributed by atoms with van der Waals surface area (Å²) in [6.45, 7) is 0.492. The number of hydrogen-bond donors (Lipinski definition) is 3. The molecule has 0 aliphatic heterocycles. The number of carbonyl (C=O) groups is 1. The van der Waals surface area contributed by atoms with Crippen LogP contribution in [0.4, 0.5) is 11.4 Å². The van der Waals surface area contributed by atoms with Gasteiger partial charge in [-0.3, -0.25) is 0 Å². The van der Waals surface area contributed by atoms with Gasteiger partial charge in [0.15, 0.2) is 0 Å². The van der Waals surface area contributed by atoms with Gasteiger partial charge in [-0.2, -0.15) is 0 Å². The monoisotopic (exact) mass is 253 g/mol. The lowest BCUT2D eigenvalue weighted by atomic mass is 10.2. The van der Waals surface area contributed by atoms with E-state index < -0.39 is 0 Å². The van der Waals surface area contributed by atoms with Crippen LogP contribution in [0, 0.1) is 0 Å². The van der Waals surface area contributed by atoms with Crippen molar-refractivity contribution in [3.63, 3.8) is 0 Å². The van der Waals surface area contributed by atoms with E-state index in [0.29, 0.717) is 24.4 Å². The van der Waals surface area contributed by atoms with Crippen molar-refractivity contribution in [3.8, 4) is 5.75 Å². The second-order valence-electron chi connectivity index (χ2n) is 3.72. The molecule has 0 saturated carbocycles. The third-order valence-electron chi connectivity index (χ3n) is 2.51. The largest absolute Gasteiger partial charge is 0.497 e. The van der Waals surface area contributed by atoms with Crippen molar-refractivity contribution in [2.45, 2.75) is 12.5 Å². The van der Waals surface area contributed by atoms with Crippen molar-refractivity contribution >= 4 is 17.7 Å². The fourth-order valence-electron chi connectivity index (χ4n) is 1.40. The number of carbonyl (C=O) groups excluding carboxylic acids is 1. The number of benzene rings is 1. The molecule has 1 atom stereocenters. The molecule has 6 heteroatoms. The molecule has 0 aromatic heterocycles. The molecule has 0 amide bonds. The zero-order valence-corrected chi connectivity index (χ0v) is 10.6. The summed E-state index contributed by atoms with van der Waals surface area (Å²) in [6.07, 6.45) is 1.01. The number of rotatable bonds is 8. The van der Waals surface area contributed by atoms with Crippen LogP contribution in [0.2, 0.25) is 0 Å². The van der Waals surface area contributed by atoms with Crippen molar-refractivity contribution < 1.29 is 14.3 Å². The van der Waals surface area contributed by atoms with Crippen LogP contribution in [-0.4, -0.2) is 33.2 Å². The molecular weight excluding hydrogens is 234 g/mol. The molecule has 0 heterocycles. The van der Waals surface area contributed by atoms with E-state index in [1.54, 1.807) is 32.4 Å². The van der Waals surface area contributed by atoms with Crippen LogP contribution in [0.15, 0.2) is 18.2 Å². The van der Waals surface area contributed by atoms with Crippen LogP contribution in [0.5, 0.6) is 5.75 Å². The molecular formula is C12H19N3O3. The number of nitrogen functional groups attached to an aromatic ring is 1. The van der Waals surface area contributed by atoms with Crippen molar-refractivity contribution in [2.24, 2.45) is 0 Å². The number of nitrogens with two attached hydrogens (primary N) is 1. The number of aldehydes is 1. The van der Waals surface area contributed by atoms with Gasteiger partial charge >= 0.3 is 0 Å². The summed E-state index contributed by atoms with van der Waals surface area (Å²) in [5.74, 6) is 0.713. The Labute approximate surface area is 106 Å². The Morgan fingerprint density at radius 2 is 2.22 bits per heavy atom. The molecule has 0 bridgehead atoms. The average molecular weight is 253 g/mol. The molecule has 1 rings (SSSR count). The minimum atomic E-state index is -0.165. The number of hydrazine groups is 1. The summed E-state index contributed by atoms with van der Waals surface area (Å²) < 4.78 is 10.2. The lowest BCUT2D eigenvalue weighted by Crippen LogP contribution is -2.33. The number of methoxy groups -OCH3 is 2. The lowest BCUT2D eigenvalue weighted by molar-refractivity contribution is -0.109. The molecule has 0 aliphatic carbocycles. The van der Waals surface area contributed by atoms with Gasteiger partial charge in [-0.25, -0.2) is 5.43 Å². The topological polar surface area (TPSA) is 85.6 Å². The molecule has 0 spiro atoms. The first-order valence-corrected chi connectivity index (χ1v) is 5.60. The molecule has 100 valence electrons. The van der Waals surface area contributed by atoms with Gasteiger partial charge < -0.3 is 25.4 Å². The number of nitrogens with one attached hydrogen (secondary N) is 2. The highest BCUT2D eigenvalue weighted by molar-refractivity contribution is 5.67. The molecule has 1 aromatic rings. The van der Waals surface area contributed by atoms with E-state index in [0.717, 1.165) is 12.0 Å². The Hall–Kier alpha value is -1.79. The van der Waals surface area contributed by atoms with Crippen molar-refractivity contribution in [1.29, 1.82) is 0 Å². The summed E-state index contributed by atoms with van der Waals surface area (Å²) in [4.78, 5) is 10.4. The van der Waals surface area contributed by atoms with Crippen LogP contribution in [0.1, 0.15) is 6.42 Å². The molecule has 6 nitrogen and oxygen atoms in total.